The van der Waals surface area contributed by atoms with Crippen LogP contribution in [0.5, 0.6) is 5.75 Å². The van der Waals surface area contributed by atoms with Crippen molar-refractivity contribution in [3.63, 3.8) is 0 Å². The van der Waals surface area contributed by atoms with Crippen molar-refractivity contribution in [1.82, 2.24) is 10.3 Å². The summed E-state index contributed by atoms with van der Waals surface area (Å²) in [4.78, 5) is 16.2. The Labute approximate surface area is 123 Å². The summed E-state index contributed by atoms with van der Waals surface area (Å²) >= 11 is 0. The Kier molecular flexibility index (Phi) is 4.87. The van der Waals surface area contributed by atoms with Crippen LogP contribution < -0.4 is 10.1 Å². The zero-order valence-corrected chi connectivity index (χ0v) is 12.0. The van der Waals surface area contributed by atoms with Gasteiger partial charge < -0.3 is 10.1 Å². The molecule has 1 atom stereocenters. The zero-order valence-electron chi connectivity index (χ0n) is 12.0. The Morgan fingerprint density at radius 1 is 1.43 bits per heavy atom. The van der Waals surface area contributed by atoms with Crippen LogP contribution in [-0.2, 0) is 6.42 Å². The number of carbonyl (C=O) groups excluding carboxylic acids is 1. The lowest BCUT2D eigenvalue weighted by molar-refractivity contribution is 0.0936. The van der Waals surface area contributed by atoms with Gasteiger partial charge in [-0.2, -0.15) is 0 Å². The minimum Gasteiger partial charge on any atom is -0.496 e. The molecule has 1 amide bonds. The number of carbonyl (C=O) groups is 1. The molecule has 0 aliphatic carbocycles. The fourth-order valence-corrected chi connectivity index (χ4v) is 2.08. The van der Waals surface area contributed by atoms with E-state index in [1.54, 1.807) is 12.4 Å². The Morgan fingerprint density at radius 2 is 2.24 bits per heavy atom. The number of methoxy groups -OCH3 is 1. The van der Waals surface area contributed by atoms with Crippen LogP contribution in [0.2, 0.25) is 0 Å². The van der Waals surface area contributed by atoms with Crippen molar-refractivity contribution in [2.45, 2.75) is 19.4 Å². The van der Waals surface area contributed by atoms with E-state index in [1.165, 1.54) is 25.3 Å². The molecule has 1 aromatic carbocycles. The van der Waals surface area contributed by atoms with E-state index in [0.29, 0.717) is 12.2 Å². The fraction of sp³-hybridized carbons (Fsp3) is 0.250. The minimum atomic E-state index is -0.471. The monoisotopic (exact) mass is 288 g/mol. The Morgan fingerprint density at radius 3 is 2.90 bits per heavy atom. The Balaban J connectivity index is 2.06. The first kappa shape index (κ1) is 15.0. The molecule has 0 saturated carbocycles. The molecule has 0 spiro atoms. The van der Waals surface area contributed by atoms with Crippen LogP contribution in [0.1, 0.15) is 22.8 Å². The quantitative estimate of drug-likeness (QED) is 0.920. The lowest BCUT2D eigenvalue weighted by Crippen LogP contribution is -2.34. The molecule has 0 bridgehead atoms. The van der Waals surface area contributed by atoms with Gasteiger partial charge in [-0.3, -0.25) is 9.78 Å². The standard InChI is InChI=1S/C16H17FN2O2/c1-11(8-12-4-3-7-18-10-12)19-16(20)14-9-13(17)5-6-15(14)21-2/h3-7,9-11H,8H2,1-2H3,(H,19,20)/t11-/m1/s1. The number of hydrogen-bond donors (Lipinski definition) is 1. The number of aromatic nitrogens is 1. The predicted molar refractivity (Wildman–Crippen MR) is 77.8 cm³/mol. The topological polar surface area (TPSA) is 51.2 Å². The summed E-state index contributed by atoms with van der Waals surface area (Å²) in [6, 6.07) is 7.56. The molecule has 21 heavy (non-hydrogen) atoms. The van der Waals surface area contributed by atoms with Gasteiger partial charge in [0.15, 0.2) is 0 Å². The van der Waals surface area contributed by atoms with E-state index in [4.69, 9.17) is 4.74 Å². The predicted octanol–water partition coefficient (Wildman–Crippen LogP) is 2.59. The number of hydrogen-bond acceptors (Lipinski definition) is 3. The van der Waals surface area contributed by atoms with E-state index in [9.17, 15) is 9.18 Å². The summed E-state index contributed by atoms with van der Waals surface area (Å²) in [7, 11) is 1.45. The van der Waals surface area contributed by atoms with Crippen LogP contribution in [0.15, 0.2) is 42.7 Å². The molecule has 2 rings (SSSR count). The van der Waals surface area contributed by atoms with Crippen LogP contribution >= 0.6 is 0 Å². The summed E-state index contributed by atoms with van der Waals surface area (Å²) in [5, 5.41) is 2.83. The Bertz CT molecular complexity index is 617. The fourth-order valence-electron chi connectivity index (χ4n) is 2.08. The number of nitrogens with one attached hydrogen (secondary N) is 1. The van der Waals surface area contributed by atoms with Crippen molar-refractivity contribution in [1.29, 1.82) is 0 Å². The van der Waals surface area contributed by atoms with Crippen molar-refractivity contribution in [2.75, 3.05) is 7.11 Å². The maximum Gasteiger partial charge on any atom is 0.255 e. The number of rotatable bonds is 5. The molecule has 0 saturated heterocycles. The van der Waals surface area contributed by atoms with Gasteiger partial charge in [0, 0.05) is 18.4 Å². The van der Waals surface area contributed by atoms with Crippen molar-refractivity contribution in [2.24, 2.45) is 0 Å². The van der Waals surface area contributed by atoms with Crippen LogP contribution in [0.25, 0.3) is 0 Å². The van der Waals surface area contributed by atoms with Crippen molar-refractivity contribution >= 4 is 5.91 Å². The first-order chi connectivity index (χ1) is 10.1. The smallest absolute Gasteiger partial charge is 0.255 e. The first-order valence-electron chi connectivity index (χ1n) is 6.63. The molecule has 0 unspecified atom stereocenters. The summed E-state index contributed by atoms with van der Waals surface area (Å²) < 4.78 is 18.4. The summed E-state index contributed by atoms with van der Waals surface area (Å²) in [6.45, 7) is 1.89. The molecule has 1 heterocycles. The number of amides is 1. The molecule has 0 aliphatic rings. The lowest BCUT2D eigenvalue weighted by Gasteiger charge is -2.15. The maximum absolute atomic E-state index is 13.3. The third-order valence-electron chi connectivity index (χ3n) is 3.05. The molecular formula is C16H17FN2O2. The number of pyridine rings is 1. The van der Waals surface area contributed by atoms with Gasteiger partial charge in [0.1, 0.15) is 11.6 Å². The van der Waals surface area contributed by atoms with Crippen LogP contribution in [0.3, 0.4) is 0 Å². The van der Waals surface area contributed by atoms with E-state index in [-0.39, 0.29) is 17.5 Å². The van der Waals surface area contributed by atoms with Crippen LogP contribution in [0, 0.1) is 5.82 Å². The summed E-state index contributed by atoms with van der Waals surface area (Å²) in [6.07, 6.45) is 4.10. The van der Waals surface area contributed by atoms with E-state index < -0.39 is 5.82 Å². The van der Waals surface area contributed by atoms with Gasteiger partial charge in [0.25, 0.3) is 5.91 Å². The number of halogens is 1. The highest BCUT2D eigenvalue weighted by Gasteiger charge is 2.15. The highest BCUT2D eigenvalue weighted by atomic mass is 19.1. The average molecular weight is 288 g/mol. The highest BCUT2D eigenvalue weighted by Crippen LogP contribution is 2.19. The van der Waals surface area contributed by atoms with Gasteiger partial charge in [-0.05, 0) is 43.2 Å². The highest BCUT2D eigenvalue weighted by molar-refractivity contribution is 5.97. The third kappa shape index (κ3) is 4.02. The molecule has 1 aromatic heterocycles. The second-order valence-corrected chi connectivity index (χ2v) is 4.78. The maximum atomic E-state index is 13.3. The molecule has 110 valence electrons. The number of nitrogens with zero attached hydrogens (tertiary/aromatic N) is 1. The summed E-state index contributed by atoms with van der Waals surface area (Å²) in [5.74, 6) is -0.480. The minimum absolute atomic E-state index is 0.102. The zero-order chi connectivity index (χ0) is 15.2. The largest absolute Gasteiger partial charge is 0.496 e. The third-order valence-corrected chi connectivity index (χ3v) is 3.05. The molecule has 4 nitrogen and oxygen atoms in total. The molecule has 0 aliphatic heterocycles. The molecule has 1 N–H and O–H groups in total. The molecule has 0 radical (unpaired) electrons. The number of benzene rings is 1. The van der Waals surface area contributed by atoms with Gasteiger partial charge in [0.05, 0.1) is 12.7 Å². The number of ether oxygens (including phenoxy) is 1. The lowest BCUT2D eigenvalue weighted by atomic mass is 10.1. The molecular weight excluding hydrogens is 271 g/mol. The van der Waals surface area contributed by atoms with E-state index in [2.05, 4.69) is 10.3 Å². The normalized spacial score (nSPS) is 11.8. The first-order valence-corrected chi connectivity index (χ1v) is 6.63. The van der Waals surface area contributed by atoms with Crippen molar-refractivity contribution in [3.8, 4) is 5.75 Å². The average Bonchev–Trinajstić information content (AvgIpc) is 2.48. The molecule has 5 heteroatoms. The van der Waals surface area contributed by atoms with E-state index in [1.807, 2.05) is 19.1 Å². The Hall–Kier alpha value is -2.43. The van der Waals surface area contributed by atoms with Gasteiger partial charge in [-0.25, -0.2) is 4.39 Å². The van der Waals surface area contributed by atoms with Gasteiger partial charge >= 0.3 is 0 Å². The van der Waals surface area contributed by atoms with Crippen molar-refractivity contribution in [3.05, 3.63) is 59.7 Å². The van der Waals surface area contributed by atoms with Crippen LogP contribution in [-0.4, -0.2) is 24.0 Å². The van der Waals surface area contributed by atoms with Gasteiger partial charge in [0.2, 0.25) is 0 Å². The SMILES string of the molecule is COc1ccc(F)cc1C(=O)N[C@H](C)Cc1cccnc1. The molecule has 2 aromatic rings. The van der Waals surface area contributed by atoms with E-state index >= 15 is 0 Å². The van der Waals surface area contributed by atoms with Crippen LogP contribution in [0.4, 0.5) is 4.39 Å². The van der Waals surface area contributed by atoms with E-state index in [0.717, 1.165) is 5.56 Å². The summed E-state index contributed by atoms with van der Waals surface area (Å²) in [5.41, 5.74) is 1.21. The molecule has 0 fully saturated rings. The van der Waals surface area contributed by atoms with Gasteiger partial charge in [-0.1, -0.05) is 6.07 Å². The van der Waals surface area contributed by atoms with Crippen molar-refractivity contribution < 1.29 is 13.9 Å². The second-order valence-electron chi connectivity index (χ2n) is 4.78. The second kappa shape index (κ2) is 6.83. The van der Waals surface area contributed by atoms with Gasteiger partial charge in [-0.15, -0.1) is 0 Å².